The van der Waals surface area contributed by atoms with Gasteiger partial charge < -0.3 is 9.84 Å². The van der Waals surface area contributed by atoms with E-state index in [1.165, 1.54) is 16.8 Å². The second kappa shape index (κ2) is 10.6. The number of carboxylic acids is 1. The van der Waals surface area contributed by atoms with Gasteiger partial charge >= 0.3 is 5.97 Å². The molecule has 0 bridgehead atoms. The van der Waals surface area contributed by atoms with Crippen molar-refractivity contribution < 1.29 is 14.6 Å². The first-order chi connectivity index (χ1) is 16.4. The Kier molecular flexibility index (Phi) is 7.34. The zero-order valence-corrected chi connectivity index (χ0v) is 20.0. The molecule has 3 aromatic rings. The molecule has 0 amide bonds. The number of nitrogens with zero attached hydrogens (tertiary/aromatic N) is 3. The summed E-state index contributed by atoms with van der Waals surface area (Å²) in [5, 5.41) is 13.8. The highest BCUT2D eigenvalue weighted by Crippen LogP contribution is 2.25. The van der Waals surface area contributed by atoms with Gasteiger partial charge in [0.1, 0.15) is 12.4 Å². The predicted molar refractivity (Wildman–Crippen MR) is 131 cm³/mol. The third kappa shape index (κ3) is 5.86. The summed E-state index contributed by atoms with van der Waals surface area (Å²) in [6, 6.07) is 16.4. The predicted octanol–water partition coefficient (Wildman–Crippen LogP) is 5.14. The smallest absolute Gasteiger partial charge is 0.304 e. The van der Waals surface area contributed by atoms with Gasteiger partial charge in [0.25, 0.3) is 0 Å². The molecule has 6 heteroatoms. The molecule has 1 unspecified atom stereocenters. The van der Waals surface area contributed by atoms with Gasteiger partial charge in [0, 0.05) is 37.4 Å². The Labute approximate surface area is 201 Å². The number of rotatable bonds is 9. The average Bonchev–Trinajstić information content (AvgIpc) is 3.37. The standard InChI is InChI=1S/C28H31N3O3/c1-4-6-24(14-28(32)33)23-9-11-26(12-10-23)34-19-22-8-5-7-21(13-22)15-30-16-25-17-31(20(2)3)29-27(25)18-30/h5,7-13,17,20,24H,14-16,18-19H2,1-3H3,(H,32,33). The molecule has 1 atom stereocenters. The molecule has 0 fully saturated rings. The van der Waals surface area contributed by atoms with Crippen LogP contribution in [0.2, 0.25) is 0 Å². The molecule has 1 N–H and O–H groups in total. The summed E-state index contributed by atoms with van der Waals surface area (Å²) in [6.45, 7) is 9.19. The Morgan fingerprint density at radius 3 is 2.59 bits per heavy atom. The molecule has 1 aliphatic heterocycles. The molecule has 2 aromatic carbocycles. The Morgan fingerprint density at radius 1 is 1.15 bits per heavy atom. The van der Waals surface area contributed by atoms with Gasteiger partial charge in [-0.15, -0.1) is 5.92 Å². The SMILES string of the molecule is CC#CC(CC(=O)O)c1ccc(OCc2cccc(CN3Cc4cn(C(C)C)nc4C3)c2)cc1. The van der Waals surface area contributed by atoms with E-state index in [1.54, 1.807) is 6.92 Å². The van der Waals surface area contributed by atoms with E-state index in [2.05, 4.69) is 65.7 Å². The Balaban J connectivity index is 1.32. The van der Waals surface area contributed by atoms with Crippen LogP contribution in [0.1, 0.15) is 67.1 Å². The lowest BCUT2D eigenvalue weighted by Gasteiger charge is -2.16. The van der Waals surface area contributed by atoms with E-state index < -0.39 is 5.97 Å². The highest BCUT2D eigenvalue weighted by Gasteiger charge is 2.23. The van der Waals surface area contributed by atoms with E-state index in [0.29, 0.717) is 12.6 Å². The molecular weight excluding hydrogens is 426 g/mol. The number of ether oxygens (including phenoxy) is 1. The van der Waals surface area contributed by atoms with Gasteiger partial charge in [-0.25, -0.2) is 0 Å². The van der Waals surface area contributed by atoms with Crippen molar-refractivity contribution >= 4 is 5.97 Å². The second-order valence-electron chi connectivity index (χ2n) is 9.04. The number of carbonyl (C=O) groups is 1. The molecule has 0 aliphatic carbocycles. The molecule has 6 nitrogen and oxygen atoms in total. The van der Waals surface area contributed by atoms with Crippen LogP contribution in [0.5, 0.6) is 5.75 Å². The van der Waals surface area contributed by atoms with E-state index in [1.807, 2.05) is 24.3 Å². The topological polar surface area (TPSA) is 67.6 Å². The van der Waals surface area contributed by atoms with Crippen LogP contribution < -0.4 is 4.74 Å². The first-order valence-electron chi connectivity index (χ1n) is 11.6. The molecule has 1 aromatic heterocycles. The molecule has 0 saturated heterocycles. The van der Waals surface area contributed by atoms with Gasteiger partial charge in [0.05, 0.1) is 18.0 Å². The lowest BCUT2D eigenvalue weighted by atomic mass is 9.96. The second-order valence-corrected chi connectivity index (χ2v) is 9.04. The maximum atomic E-state index is 11.1. The lowest BCUT2D eigenvalue weighted by molar-refractivity contribution is -0.137. The Morgan fingerprint density at radius 2 is 1.91 bits per heavy atom. The van der Waals surface area contributed by atoms with Gasteiger partial charge in [0.15, 0.2) is 0 Å². The minimum atomic E-state index is -0.854. The minimum absolute atomic E-state index is 0.00846. The first-order valence-corrected chi connectivity index (χ1v) is 11.6. The Hall–Kier alpha value is -3.56. The quantitative estimate of drug-likeness (QED) is 0.451. The van der Waals surface area contributed by atoms with Crippen molar-refractivity contribution in [1.29, 1.82) is 0 Å². The minimum Gasteiger partial charge on any atom is -0.489 e. The van der Waals surface area contributed by atoms with Gasteiger partial charge in [0.2, 0.25) is 0 Å². The first kappa shape index (κ1) is 23.6. The lowest BCUT2D eigenvalue weighted by Crippen LogP contribution is -2.17. The van der Waals surface area contributed by atoms with Crippen LogP contribution in [0.3, 0.4) is 0 Å². The number of aliphatic carboxylic acids is 1. The summed E-state index contributed by atoms with van der Waals surface area (Å²) in [5.74, 6) is 5.38. The summed E-state index contributed by atoms with van der Waals surface area (Å²) in [7, 11) is 0. The van der Waals surface area contributed by atoms with Crippen LogP contribution in [0.4, 0.5) is 0 Å². The fraction of sp³-hybridized carbons (Fsp3) is 0.357. The highest BCUT2D eigenvalue weighted by molar-refractivity contribution is 5.69. The fourth-order valence-corrected chi connectivity index (χ4v) is 4.26. The third-order valence-corrected chi connectivity index (χ3v) is 5.97. The monoisotopic (exact) mass is 457 g/mol. The van der Waals surface area contributed by atoms with Gasteiger partial charge in [-0.1, -0.05) is 42.3 Å². The average molecular weight is 458 g/mol. The summed E-state index contributed by atoms with van der Waals surface area (Å²) >= 11 is 0. The van der Waals surface area contributed by atoms with Crippen molar-refractivity contribution in [3.63, 3.8) is 0 Å². The molecular formula is C28H31N3O3. The maximum absolute atomic E-state index is 11.1. The molecule has 0 spiro atoms. The van der Waals surface area contributed by atoms with Crippen LogP contribution in [0.25, 0.3) is 0 Å². The largest absolute Gasteiger partial charge is 0.489 e. The Bertz CT molecular complexity index is 1180. The van der Waals surface area contributed by atoms with Crippen molar-refractivity contribution in [3.8, 4) is 17.6 Å². The highest BCUT2D eigenvalue weighted by atomic mass is 16.5. The maximum Gasteiger partial charge on any atom is 0.304 e. The van der Waals surface area contributed by atoms with Crippen LogP contribution in [0, 0.1) is 11.8 Å². The van der Waals surface area contributed by atoms with E-state index in [4.69, 9.17) is 14.9 Å². The normalized spacial score (nSPS) is 13.9. The summed E-state index contributed by atoms with van der Waals surface area (Å²) < 4.78 is 8.04. The number of hydrogen-bond donors (Lipinski definition) is 1. The summed E-state index contributed by atoms with van der Waals surface area (Å²) in [4.78, 5) is 13.5. The van der Waals surface area contributed by atoms with Crippen LogP contribution in [-0.4, -0.2) is 25.8 Å². The molecule has 1 aliphatic rings. The van der Waals surface area contributed by atoms with Crippen molar-refractivity contribution in [2.75, 3.05) is 0 Å². The number of benzene rings is 2. The van der Waals surface area contributed by atoms with Crippen LogP contribution >= 0.6 is 0 Å². The summed E-state index contributed by atoms with van der Waals surface area (Å²) in [5.41, 5.74) is 5.77. The van der Waals surface area contributed by atoms with Gasteiger partial charge in [-0.2, -0.15) is 5.10 Å². The van der Waals surface area contributed by atoms with Crippen LogP contribution in [-0.2, 0) is 31.0 Å². The number of hydrogen-bond acceptors (Lipinski definition) is 4. The van der Waals surface area contributed by atoms with Crippen molar-refractivity contribution in [2.24, 2.45) is 0 Å². The third-order valence-electron chi connectivity index (χ3n) is 5.97. The molecule has 0 saturated carbocycles. The van der Waals surface area contributed by atoms with E-state index in [0.717, 1.165) is 36.5 Å². The number of fused-ring (bicyclic) bond motifs is 1. The molecule has 176 valence electrons. The molecule has 0 radical (unpaired) electrons. The fourth-order valence-electron chi connectivity index (χ4n) is 4.26. The van der Waals surface area contributed by atoms with Crippen molar-refractivity contribution in [2.45, 2.75) is 65.4 Å². The van der Waals surface area contributed by atoms with Crippen LogP contribution in [0.15, 0.2) is 54.7 Å². The van der Waals surface area contributed by atoms with E-state index >= 15 is 0 Å². The molecule has 4 rings (SSSR count). The van der Waals surface area contributed by atoms with E-state index in [9.17, 15) is 4.79 Å². The number of aromatic nitrogens is 2. The summed E-state index contributed by atoms with van der Waals surface area (Å²) in [6.07, 6.45) is 2.17. The molecule has 34 heavy (non-hydrogen) atoms. The number of carboxylic acid groups (broad SMARTS) is 1. The molecule has 2 heterocycles. The van der Waals surface area contributed by atoms with Crippen molar-refractivity contribution in [3.05, 3.63) is 82.7 Å². The zero-order chi connectivity index (χ0) is 24.1. The van der Waals surface area contributed by atoms with E-state index in [-0.39, 0.29) is 12.3 Å². The van der Waals surface area contributed by atoms with Gasteiger partial charge in [-0.3, -0.25) is 14.4 Å². The van der Waals surface area contributed by atoms with Crippen molar-refractivity contribution in [1.82, 2.24) is 14.7 Å². The van der Waals surface area contributed by atoms with Gasteiger partial charge in [-0.05, 0) is 49.6 Å². The zero-order valence-electron chi connectivity index (χ0n) is 20.0.